The Bertz CT molecular complexity index is 721. The topological polar surface area (TPSA) is 39.5 Å². The first-order chi connectivity index (χ1) is 12.2. The van der Waals surface area contributed by atoms with E-state index in [1.807, 2.05) is 30.3 Å². The van der Waals surface area contributed by atoms with E-state index in [-0.39, 0.29) is 5.82 Å². The average molecular weight is 339 g/mol. The monoisotopic (exact) mass is 339 g/mol. The molecule has 1 aliphatic rings. The van der Waals surface area contributed by atoms with Crippen molar-refractivity contribution in [1.82, 2.24) is 9.80 Å². The SMILES string of the molecule is N#Cc1ccc(F)c(CN2CCN(CCOc3ccccc3)CC2)c1. The van der Waals surface area contributed by atoms with Gasteiger partial charge in [-0.1, -0.05) is 18.2 Å². The molecule has 3 rings (SSSR count). The minimum Gasteiger partial charge on any atom is -0.492 e. The Morgan fingerprint density at radius 1 is 1.00 bits per heavy atom. The molecule has 2 aromatic rings. The van der Waals surface area contributed by atoms with Gasteiger partial charge in [0.1, 0.15) is 18.2 Å². The summed E-state index contributed by atoms with van der Waals surface area (Å²) >= 11 is 0. The van der Waals surface area contributed by atoms with Gasteiger partial charge in [-0.2, -0.15) is 5.26 Å². The van der Waals surface area contributed by atoms with Crippen LogP contribution in [0.4, 0.5) is 4.39 Å². The second kappa shape index (κ2) is 8.61. The van der Waals surface area contributed by atoms with Crippen LogP contribution in [0.5, 0.6) is 5.75 Å². The molecule has 0 atom stereocenters. The largest absolute Gasteiger partial charge is 0.492 e. The molecule has 1 heterocycles. The van der Waals surface area contributed by atoms with Crippen LogP contribution in [0.2, 0.25) is 0 Å². The van der Waals surface area contributed by atoms with Crippen molar-refractivity contribution < 1.29 is 9.13 Å². The van der Waals surface area contributed by atoms with Crippen molar-refractivity contribution in [2.45, 2.75) is 6.54 Å². The van der Waals surface area contributed by atoms with Gasteiger partial charge in [-0.05, 0) is 30.3 Å². The summed E-state index contributed by atoms with van der Waals surface area (Å²) in [5.74, 6) is 0.659. The van der Waals surface area contributed by atoms with Gasteiger partial charge < -0.3 is 4.74 Å². The lowest BCUT2D eigenvalue weighted by Crippen LogP contribution is -2.47. The summed E-state index contributed by atoms with van der Waals surface area (Å²) in [5, 5.41) is 8.95. The van der Waals surface area contributed by atoms with Crippen LogP contribution in [0, 0.1) is 17.1 Å². The molecule has 0 radical (unpaired) electrons. The van der Waals surface area contributed by atoms with E-state index >= 15 is 0 Å². The van der Waals surface area contributed by atoms with Crippen LogP contribution in [0.3, 0.4) is 0 Å². The van der Waals surface area contributed by atoms with Gasteiger partial charge in [0.2, 0.25) is 0 Å². The van der Waals surface area contributed by atoms with Crippen molar-refractivity contribution in [3.05, 3.63) is 65.5 Å². The van der Waals surface area contributed by atoms with E-state index < -0.39 is 0 Å². The van der Waals surface area contributed by atoms with Crippen molar-refractivity contribution in [2.24, 2.45) is 0 Å². The molecule has 25 heavy (non-hydrogen) atoms. The van der Waals surface area contributed by atoms with Crippen molar-refractivity contribution in [2.75, 3.05) is 39.3 Å². The van der Waals surface area contributed by atoms with E-state index in [2.05, 4.69) is 15.9 Å². The molecule has 0 amide bonds. The third kappa shape index (κ3) is 5.02. The van der Waals surface area contributed by atoms with Crippen LogP contribution in [0.1, 0.15) is 11.1 Å². The molecule has 5 heteroatoms. The fourth-order valence-electron chi connectivity index (χ4n) is 2.99. The molecule has 1 saturated heterocycles. The zero-order valence-electron chi connectivity index (χ0n) is 14.2. The van der Waals surface area contributed by atoms with Gasteiger partial charge in [0.15, 0.2) is 0 Å². The lowest BCUT2D eigenvalue weighted by Gasteiger charge is -2.34. The second-order valence-electron chi connectivity index (χ2n) is 6.20. The first-order valence-electron chi connectivity index (χ1n) is 8.56. The van der Waals surface area contributed by atoms with E-state index in [1.54, 1.807) is 6.07 Å². The smallest absolute Gasteiger partial charge is 0.127 e. The van der Waals surface area contributed by atoms with Crippen LogP contribution >= 0.6 is 0 Å². The molecule has 0 unspecified atom stereocenters. The number of benzene rings is 2. The highest BCUT2D eigenvalue weighted by Gasteiger charge is 2.18. The highest BCUT2D eigenvalue weighted by Crippen LogP contribution is 2.14. The molecule has 2 aromatic carbocycles. The first kappa shape index (κ1) is 17.4. The maximum absolute atomic E-state index is 13.9. The van der Waals surface area contributed by atoms with Crippen LogP contribution in [-0.4, -0.2) is 49.1 Å². The molecular formula is C20H22FN3O. The standard InChI is InChI=1S/C20H22FN3O/c21-20-7-6-17(15-22)14-18(20)16-24-10-8-23(9-11-24)12-13-25-19-4-2-1-3-5-19/h1-7,14H,8-13,16H2. The van der Waals surface area contributed by atoms with Crippen molar-refractivity contribution >= 4 is 0 Å². The van der Waals surface area contributed by atoms with Gasteiger partial charge in [-0.15, -0.1) is 0 Å². The Hall–Kier alpha value is -2.42. The molecule has 130 valence electrons. The van der Waals surface area contributed by atoms with E-state index in [4.69, 9.17) is 10.00 Å². The summed E-state index contributed by atoms with van der Waals surface area (Å²) in [6.45, 7) is 5.78. The quantitative estimate of drug-likeness (QED) is 0.811. The number of hydrogen-bond donors (Lipinski definition) is 0. The third-order valence-corrected chi connectivity index (χ3v) is 4.45. The van der Waals surface area contributed by atoms with Gasteiger partial charge in [0.25, 0.3) is 0 Å². The predicted octanol–water partition coefficient (Wildman–Crippen LogP) is 2.89. The third-order valence-electron chi connectivity index (χ3n) is 4.45. The predicted molar refractivity (Wildman–Crippen MR) is 94.8 cm³/mol. The molecule has 0 aliphatic carbocycles. The lowest BCUT2D eigenvalue weighted by molar-refractivity contribution is 0.112. The van der Waals surface area contributed by atoms with Gasteiger partial charge in [0.05, 0.1) is 11.6 Å². The number of piperazine rings is 1. The molecule has 0 saturated carbocycles. The van der Waals surface area contributed by atoms with Gasteiger partial charge in [-0.25, -0.2) is 4.39 Å². The minimum atomic E-state index is -0.238. The van der Waals surface area contributed by atoms with E-state index in [0.717, 1.165) is 38.5 Å². The Kier molecular flexibility index (Phi) is 5.99. The van der Waals surface area contributed by atoms with E-state index in [1.165, 1.54) is 12.1 Å². The zero-order valence-corrected chi connectivity index (χ0v) is 14.2. The van der Waals surface area contributed by atoms with Crippen molar-refractivity contribution in [3.8, 4) is 11.8 Å². The summed E-state index contributed by atoms with van der Waals surface area (Å²) < 4.78 is 19.6. The highest BCUT2D eigenvalue weighted by atomic mass is 19.1. The first-order valence-corrected chi connectivity index (χ1v) is 8.56. The summed E-state index contributed by atoms with van der Waals surface area (Å²) in [7, 11) is 0. The van der Waals surface area contributed by atoms with Crippen LogP contribution in [-0.2, 0) is 6.54 Å². The van der Waals surface area contributed by atoms with Crippen molar-refractivity contribution in [1.29, 1.82) is 5.26 Å². The number of ether oxygens (including phenoxy) is 1. The fraction of sp³-hybridized carbons (Fsp3) is 0.350. The Balaban J connectivity index is 1.42. The molecule has 0 aromatic heterocycles. The molecule has 4 nitrogen and oxygen atoms in total. The van der Waals surface area contributed by atoms with Gasteiger partial charge >= 0.3 is 0 Å². The fourth-order valence-corrected chi connectivity index (χ4v) is 2.99. The van der Waals surface area contributed by atoms with Crippen molar-refractivity contribution in [3.63, 3.8) is 0 Å². The number of nitrogens with zero attached hydrogens (tertiary/aromatic N) is 3. The molecule has 0 spiro atoms. The summed E-state index contributed by atoms with van der Waals surface area (Å²) in [6, 6.07) is 16.4. The Labute approximate surface area is 148 Å². The summed E-state index contributed by atoms with van der Waals surface area (Å²) in [5.41, 5.74) is 1.10. The maximum atomic E-state index is 13.9. The molecule has 1 aliphatic heterocycles. The summed E-state index contributed by atoms with van der Waals surface area (Å²) in [4.78, 5) is 4.59. The number of rotatable bonds is 6. The number of nitriles is 1. The Morgan fingerprint density at radius 2 is 1.72 bits per heavy atom. The summed E-state index contributed by atoms with van der Waals surface area (Å²) in [6.07, 6.45) is 0. The molecule has 1 fully saturated rings. The highest BCUT2D eigenvalue weighted by molar-refractivity contribution is 5.33. The minimum absolute atomic E-state index is 0.238. The van der Waals surface area contributed by atoms with E-state index in [9.17, 15) is 4.39 Å². The number of hydrogen-bond acceptors (Lipinski definition) is 4. The molecular weight excluding hydrogens is 317 g/mol. The number of para-hydroxylation sites is 1. The average Bonchev–Trinajstić information content (AvgIpc) is 2.66. The van der Waals surface area contributed by atoms with Gasteiger partial charge in [-0.3, -0.25) is 9.80 Å². The van der Waals surface area contributed by atoms with E-state index in [0.29, 0.717) is 24.3 Å². The maximum Gasteiger partial charge on any atom is 0.127 e. The molecule has 0 N–H and O–H groups in total. The molecule has 0 bridgehead atoms. The lowest BCUT2D eigenvalue weighted by atomic mass is 10.1. The Morgan fingerprint density at radius 3 is 2.44 bits per heavy atom. The van der Waals surface area contributed by atoms with Crippen LogP contribution < -0.4 is 4.74 Å². The number of halogens is 1. The van der Waals surface area contributed by atoms with Gasteiger partial charge in [0, 0.05) is 44.8 Å². The van der Waals surface area contributed by atoms with Crippen LogP contribution in [0.25, 0.3) is 0 Å². The van der Waals surface area contributed by atoms with Crippen LogP contribution in [0.15, 0.2) is 48.5 Å². The normalized spacial score (nSPS) is 15.7. The second-order valence-corrected chi connectivity index (χ2v) is 6.20. The zero-order chi connectivity index (χ0) is 17.5.